The normalized spacial score (nSPS) is 15.5. The fourth-order valence-corrected chi connectivity index (χ4v) is 3.22. The summed E-state index contributed by atoms with van der Waals surface area (Å²) in [7, 11) is 0. The summed E-state index contributed by atoms with van der Waals surface area (Å²) in [4.78, 5) is 10.4. The van der Waals surface area contributed by atoms with Gasteiger partial charge in [0.05, 0.1) is 22.1 Å². The number of benzene rings is 2. The molecule has 0 spiro atoms. The molecule has 9 nitrogen and oxygen atoms in total. The zero-order chi connectivity index (χ0) is 19.8. The molecule has 0 aliphatic carbocycles. The number of nitrogens with zero attached hydrogens (tertiary/aromatic N) is 3. The molecule has 1 aliphatic rings. The molecular formula is C19H13N5O4. The van der Waals surface area contributed by atoms with Gasteiger partial charge in [0.1, 0.15) is 17.4 Å². The highest BCUT2D eigenvalue weighted by Crippen LogP contribution is 2.45. The monoisotopic (exact) mass is 375 g/mol. The SMILES string of the molecule is N#CC1=C(N)Oc2n[nH]c(-c3ccc([N+](=O)[O-])cc3)c2C1c1ccc(O)cc1. The van der Waals surface area contributed by atoms with Gasteiger partial charge in [-0.25, -0.2) is 0 Å². The first-order chi connectivity index (χ1) is 13.5. The quantitative estimate of drug-likeness (QED) is 0.470. The van der Waals surface area contributed by atoms with Crippen LogP contribution in [0.1, 0.15) is 17.0 Å². The Morgan fingerprint density at radius 1 is 1.21 bits per heavy atom. The number of allylic oxidation sites excluding steroid dienone is 1. The molecule has 1 atom stereocenters. The smallest absolute Gasteiger partial charge is 0.269 e. The first kappa shape index (κ1) is 17.1. The van der Waals surface area contributed by atoms with Crippen molar-refractivity contribution in [2.24, 2.45) is 5.73 Å². The Kier molecular flexibility index (Phi) is 3.94. The van der Waals surface area contributed by atoms with Crippen LogP contribution in [0.4, 0.5) is 5.69 Å². The van der Waals surface area contributed by atoms with Crippen molar-refractivity contribution in [2.75, 3.05) is 0 Å². The number of nitro benzene ring substituents is 1. The van der Waals surface area contributed by atoms with E-state index in [0.717, 1.165) is 0 Å². The number of phenols is 1. The van der Waals surface area contributed by atoms with Crippen molar-refractivity contribution in [3.63, 3.8) is 0 Å². The van der Waals surface area contributed by atoms with Gasteiger partial charge in [0.2, 0.25) is 11.8 Å². The molecule has 2 aromatic carbocycles. The van der Waals surface area contributed by atoms with Gasteiger partial charge in [-0.15, -0.1) is 5.10 Å². The predicted molar refractivity (Wildman–Crippen MR) is 98.1 cm³/mol. The first-order valence-electron chi connectivity index (χ1n) is 8.19. The molecule has 1 aliphatic heterocycles. The van der Waals surface area contributed by atoms with Crippen LogP contribution in [-0.2, 0) is 0 Å². The second kappa shape index (κ2) is 6.44. The number of ether oxygens (including phenoxy) is 1. The molecule has 4 N–H and O–H groups in total. The third-order valence-corrected chi connectivity index (χ3v) is 4.53. The van der Waals surface area contributed by atoms with Crippen LogP contribution in [0.5, 0.6) is 11.6 Å². The van der Waals surface area contributed by atoms with E-state index in [1.54, 1.807) is 24.3 Å². The molecule has 138 valence electrons. The lowest BCUT2D eigenvalue weighted by molar-refractivity contribution is -0.384. The zero-order valence-corrected chi connectivity index (χ0v) is 14.3. The lowest BCUT2D eigenvalue weighted by atomic mass is 9.83. The number of nitrogens with one attached hydrogen (secondary N) is 1. The highest BCUT2D eigenvalue weighted by molar-refractivity contribution is 5.71. The molecule has 0 saturated heterocycles. The summed E-state index contributed by atoms with van der Waals surface area (Å²) in [5.41, 5.74) is 8.60. The number of nitrogens with two attached hydrogens (primary N) is 1. The number of phenolic OH excluding ortho intramolecular Hbond substituents is 1. The van der Waals surface area contributed by atoms with E-state index in [9.17, 15) is 20.5 Å². The molecule has 28 heavy (non-hydrogen) atoms. The van der Waals surface area contributed by atoms with Gasteiger partial charge in [-0.2, -0.15) is 5.26 Å². The second-order valence-corrected chi connectivity index (χ2v) is 6.14. The van der Waals surface area contributed by atoms with Crippen molar-refractivity contribution in [3.8, 4) is 29.0 Å². The Hall–Kier alpha value is -4.32. The number of aromatic amines is 1. The molecule has 1 unspecified atom stereocenters. The minimum atomic E-state index is -0.571. The highest BCUT2D eigenvalue weighted by Gasteiger charge is 2.35. The molecule has 4 rings (SSSR count). The average Bonchev–Trinajstić information content (AvgIpc) is 3.11. The molecule has 0 fully saturated rings. The van der Waals surface area contributed by atoms with Gasteiger partial charge in [-0.05, 0) is 29.8 Å². The number of non-ortho nitro benzene ring substituents is 1. The molecule has 0 bridgehead atoms. The van der Waals surface area contributed by atoms with Crippen LogP contribution >= 0.6 is 0 Å². The zero-order valence-electron chi connectivity index (χ0n) is 14.3. The van der Waals surface area contributed by atoms with Crippen molar-refractivity contribution < 1.29 is 14.8 Å². The van der Waals surface area contributed by atoms with E-state index in [-0.39, 0.29) is 28.8 Å². The number of nitro groups is 1. The maximum atomic E-state index is 10.9. The predicted octanol–water partition coefficient (Wildman–Crippen LogP) is 2.91. The largest absolute Gasteiger partial charge is 0.508 e. The maximum absolute atomic E-state index is 10.9. The van der Waals surface area contributed by atoms with Crippen molar-refractivity contribution in [1.82, 2.24) is 10.2 Å². The highest BCUT2D eigenvalue weighted by atomic mass is 16.6. The number of rotatable bonds is 3. The lowest BCUT2D eigenvalue weighted by Gasteiger charge is -2.24. The number of H-pyrrole nitrogens is 1. The van der Waals surface area contributed by atoms with Gasteiger partial charge in [-0.1, -0.05) is 12.1 Å². The number of hydrogen-bond donors (Lipinski definition) is 3. The fourth-order valence-electron chi connectivity index (χ4n) is 3.22. The third kappa shape index (κ3) is 2.69. The molecule has 0 radical (unpaired) electrons. The van der Waals surface area contributed by atoms with Crippen LogP contribution in [0.2, 0.25) is 0 Å². The molecule has 3 aromatic rings. The van der Waals surface area contributed by atoms with E-state index in [0.29, 0.717) is 22.4 Å². The summed E-state index contributed by atoms with van der Waals surface area (Å²) in [5.74, 6) is -0.301. The Balaban J connectivity index is 1.89. The van der Waals surface area contributed by atoms with Crippen LogP contribution in [0.15, 0.2) is 60.0 Å². The molecule has 1 aromatic heterocycles. The Morgan fingerprint density at radius 3 is 2.50 bits per heavy atom. The van der Waals surface area contributed by atoms with E-state index in [1.807, 2.05) is 0 Å². The Labute approximate surface area is 158 Å². The van der Waals surface area contributed by atoms with Crippen LogP contribution in [-0.4, -0.2) is 20.2 Å². The number of aromatic nitrogens is 2. The molecular weight excluding hydrogens is 362 g/mol. The molecule has 2 heterocycles. The standard InChI is InChI=1S/C19H13N5O4/c20-9-14-15(10-3-7-13(25)8-4-10)16-17(22-23-19(16)28-18(14)21)11-1-5-12(6-2-11)24(26)27/h1-8,15,25H,21H2,(H,22,23). The van der Waals surface area contributed by atoms with E-state index in [4.69, 9.17) is 10.5 Å². The first-order valence-corrected chi connectivity index (χ1v) is 8.19. The summed E-state index contributed by atoms with van der Waals surface area (Å²) >= 11 is 0. The van der Waals surface area contributed by atoms with Crippen LogP contribution in [0.25, 0.3) is 11.3 Å². The van der Waals surface area contributed by atoms with Gasteiger partial charge in [0, 0.05) is 17.7 Å². The number of fused-ring (bicyclic) bond motifs is 1. The minimum Gasteiger partial charge on any atom is -0.508 e. The molecule has 0 saturated carbocycles. The lowest BCUT2D eigenvalue weighted by Crippen LogP contribution is -2.20. The Bertz CT molecular complexity index is 1140. The number of hydrogen-bond acceptors (Lipinski definition) is 7. The van der Waals surface area contributed by atoms with Crippen molar-refractivity contribution in [2.45, 2.75) is 5.92 Å². The summed E-state index contributed by atoms with van der Waals surface area (Å²) in [5, 5.41) is 37.2. The van der Waals surface area contributed by atoms with E-state index >= 15 is 0 Å². The average molecular weight is 375 g/mol. The van der Waals surface area contributed by atoms with Crippen LogP contribution < -0.4 is 10.5 Å². The van der Waals surface area contributed by atoms with E-state index in [1.165, 1.54) is 24.3 Å². The minimum absolute atomic E-state index is 0.0367. The van der Waals surface area contributed by atoms with Crippen molar-refractivity contribution in [3.05, 3.63) is 81.2 Å². The number of nitriles is 1. The maximum Gasteiger partial charge on any atom is 0.269 e. The van der Waals surface area contributed by atoms with E-state index < -0.39 is 10.8 Å². The number of aromatic hydroxyl groups is 1. The van der Waals surface area contributed by atoms with Crippen molar-refractivity contribution in [1.29, 1.82) is 5.26 Å². The Morgan fingerprint density at radius 2 is 1.89 bits per heavy atom. The summed E-state index contributed by atoms with van der Waals surface area (Å²) < 4.78 is 5.51. The topological polar surface area (TPSA) is 151 Å². The fraction of sp³-hybridized carbons (Fsp3) is 0.0526. The van der Waals surface area contributed by atoms with Gasteiger partial charge in [-0.3, -0.25) is 15.2 Å². The van der Waals surface area contributed by atoms with Gasteiger partial charge < -0.3 is 15.6 Å². The third-order valence-electron chi connectivity index (χ3n) is 4.53. The van der Waals surface area contributed by atoms with Crippen LogP contribution in [0.3, 0.4) is 0 Å². The summed E-state index contributed by atoms with van der Waals surface area (Å²) in [6.45, 7) is 0. The van der Waals surface area contributed by atoms with E-state index in [2.05, 4.69) is 16.3 Å². The van der Waals surface area contributed by atoms with Gasteiger partial charge in [0.25, 0.3) is 5.69 Å². The van der Waals surface area contributed by atoms with Gasteiger partial charge in [0.15, 0.2) is 0 Å². The summed E-state index contributed by atoms with van der Waals surface area (Å²) in [6.07, 6.45) is 0. The van der Waals surface area contributed by atoms with Gasteiger partial charge >= 0.3 is 0 Å². The summed E-state index contributed by atoms with van der Waals surface area (Å²) in [6, 6.07) is 14.4. The second-order valence-electron chi connectivity index (χ2n) is 6.14. The van der Waals surface area contributed by atoms with Crippen LogP contribution in [0, 0.1) is 21.4 Å². The van der Waals surface area contributed by atoms with Crippen molar-refractivity contribution >= 4 is 5.69 Å². The molecule has 0 amide bonds. The molecule has 9 heteroatoms.